The number of anilines is 1. The number of hydrogen-bond acceptors (Lipinski definition) is 6. The summed E-state index contributed by atoms with van der Waals surface area (Å²) >= 11 is 1.42. The number of carbonyl (C=O) groups is 1. The van der Waals surface area contributed by atoms with Gasteiger partial charge in [-0.05, 0) is 25.1 Å². The Bertz CT molecular complexity index is 667. The summed E-state index contributed by atoms with van der Waals surface area (Å²) in [6, 6.07) is 5.62. The molecule has 6 nitrogen and oxygen atoms in total. The van der Waals surface area contributed by atoms with Crippen LogP contribution in [0.3, 0.4) is 0 Å². The van der Waals surface area contributed by atoms with Crippen LogP contribution in [-0.4, -0.2) is 43.3 Å². The van der Waals surface area contributed by atoms with E-state index < -0.39 is 0 Å². The third-order valence-corrected chi connectivity index (χ3v) is 4.33. The number of ether oxygens (including phenoxy) is 2. The molecule has 0 saturated carbocycles. The molecule has 0 atom stereocenters. The summed E-state index contributed by atoms with van der Waals surface area (Å²) in [6.45, 7) is 3.58. The molecular formula is C14H17N3O3S. The van der Waals surface area contributed by atoms with Gasteiger partial charge in [0, 0.05) is 13.1 Å². The molecular weight excluding hydrogens is 290 g/mol. The second-order valence-electron chi connectivity index (χ2n) is 5.24. The highest BCUT2D eigenvalue weighted by Crippen LogP contribution is 2.29. The first-order chi connectivity index (χ1) is 10.1. The van der Waals surface area contributed by atoms with E-state index in [0.717, 1.165) is 29.1 Å². The van der Waals surface area contributed by atoms with Gasteiger partial charge >= 0.3 is 0 Å². The van der Waals surface area contributed by atoms with Crippen molar-refractivity contribution < 1.29 is 14.3 Å². The Balaban J connectivity index is 1.62. The molecule has 0 spiro atoms. The SMILES string of the molecule is COc1ccc2nc(NC(=O)COC3(C)CNC3)sc2c1. The minimum absolute atomic E-state index is 0.0391. The standard InChI is InChI=1S/C14H17N3O3S/c1-14(7-15-8-14)20-6-12(18)17-13-16-10-4-3-9(19-2)5-11(10)21-13/h3-5,15H,6-8H2,1-2H3,(H,16,17,18). The molecule has 0 radical (unpaired) electrons. The minimum atomic E-state index is -0.224. The molecule has 1 aromatic heterocycles. The molecule has 1 aromatic carbocycles. The van der Waals surface area contributed by atoms with Gasteiger partial charge in [-0.25, -0.2) is 4.98 Å². The Morgan fingerprint density at radius 1 is 1.52 bits per heavy atom. The number of thiazole rings is 1. The Morgan fingerprint density at radius 3 is 3.00 bits per heavy atom. The highest BCUT2D eigenvalue weighted by atomic mass is 32.1. The highest BCUT2D eigenvalue weighted by Gasteiger charge is 2.33. The lowest BCUT2D eigenvalue weighted by Gasteiger charge is -2.38. The molecule has 21 heavy (non-hydrogen) atoms. The first kappa shape index (κ1) is 14.2. The zero-order valence-corrected chi connectivity index (χ0v) is 12.8. The molecule has 0 unspecified atom stereocenters. The summed E-state index contributed by atoms with van der Waals surface area (Å²) in [5.74, 6) is 0.590. The number of hydrogen-bond donors (Lipinski definition) is 2. The topological polar surface area (TPSA) is 72.5 Å². The van der Waals surface area contributed by atoms with Gasteiger partial charge < -0.3 is 14.8 Å². The molecule has 1 fully saturated rings. The number of fused-ring (bicyclic) bond motifs is 1. The van der Waals surface area contributed by atoms with Gasteiger partial charge in [-0.15, -0.1) is 0 Å². The Hall–Kier alpha value is -1.70. The normalized spacial score (nSPS) is 16.5. The second kappa shape index (κ2) is 5.59. The van der Waals surface area contributed by atoms with E-state index >= 15 is 0 Å². The van der Waals surface area contributed by atoms with Crippen LogP contribution < -0.4 is 15.4 Å². The monoisotopic (exact) mass is 307 g/mol. The lowest BCUT2D eigenvalue weighted by molar-refractivity contribution is -0.130. The average Bonchev–Trinajstić information content (AvgIpc) is 2.84. The molecule has 1 amide bonds. The van der Waals surface area contributed by atoms with Gasteiger partial charge in [-0.2, -0.15) is 0 Å². The van der Waals surface area contributed by atoms with Crippen molar-refractivity contribution >= 4 is 32.6 Å². The average molecular weight is 307 g/mol. The maximum atomic E-state index is 11.9. The lowest BCUT2D eigenvalue weighted by Crippen LogP contribution is -2.59. The zero-order valence-electron chi connectivity index (χ0n) is 11.9. The third kappa shape index (κ3) is 3.15. The maximum Gasteiger partial charge on any atom is 0.252 e. The molecule has 1 saturated heterocycles. The van der Waals surface area contributed by atoms with E-state index in [1.54, 1.807) is 7.11 Å². The number of amides is 1. The van der Waals surface area contributed by atoms with Gasteiger partial charge in [0.15, 0.2) is 5.13 Å². The maximum absolute atomic E-state index is 11.9. The van der Waals surface area contributed by atoms with Crippen molar-refractivity contribution in [2.24, 2.45) is 0 Å². The van der Waals surface area contributed by atoms with E-state index in [1.165, 1.54) is 11.3 Å². The van der Waals surface area contributed by atoms with Crippen LogP contribution in [0.15, 0.2) is 18.2 Å². The van der Waals surface area contributed by atoms with E-state index in [-0.39, 0.29) is 18.1 Å². The zero-order chi connectivity index (χ0) is 14.9. The van der Waals surface area contributed by atoms with Crippen molar-refractivity contribution in [3.05, 3.63) is 18.2 Å². The van der Waals surface area contributed by atoms with Crippen LogP contribution in [0.5, 0.6) is 5.75 Å². The number of nitrogens with one attached hydrogen (secondary N) is 2. The van der Waals surface area contributed by atoms with Crippen molar-refractivity contribution in [1.82, 2.24) is 10.3 Å². The molecule has 1 aliphatic heterocycles. The summed E-state index contributed by atoms with van der Waals surface area (Å²) in [6.07, 6.45) is 0. The van der Waals surface area contributed by atoms with Crippen LogP contribution in [0.25, 0.3) is 10.2 Å². The first-order valence-corrected chi connectivity index (χ1v) is 7.49. The fourth-order valence-electron chi connectivity index (χ4n) is 2.06. The predicted molar refractivity (Wildman–Crippen MR) is 82.0 cm³/mol. The summed E-state index contributed by atoms with van der Waals surface area (Å²) in [7, 11) is 1.62. The van der Waals surface area contributed by atoms with Crippen LogP contribution in [0, 0.1) is 0 Å². The molecule has 2 aromatic rings. The third-order valence-electron chi connectivity index (χ3n) is 3.39. The van der Waals surface area contributed by atoms with Crippen LogP contribution in [-0.2, 0) is 9.53 Å². The molecule has 7 heteroatoms. The Morgan fingerprint density at radius 2 is 2.33 bits per heavy atom. The molecule has 2 N–H and O–H groups in total. The minimum Gasteiger partial charge on any atom is -0.497 e. The van der Waals surface area contributed by atoms with Gasteiger partial charge in [0.2, 0.25) is 0 Å². The molecule has 112 valence electrons. The smallest absolute Gasteiger partial charge is 0.252 e. The quantitative estimate of drug-likeness (QED) is 0.878. The van der Waals surface area contributed by atoms with Crippen molar-refractivity contribution in [3.8, 4) is 5.75 Å². The van der Waals surface area contributed by atoms with E-state index in [2.05, 4.69) is 15.6 Å². The van der Waals surface area contributed by atoms with E-state index in [9.17, 15) is 4.79 Å². The van der Waals surface area contributed by atoms with Gasteiger partial charge in [0.05, 0.1) is 22.9 Å². The van der Waals surface area contributed by atoms with Gasteiger partial charge in [-0.1, -0.05) is 11.3 Å². The molecule has 0 aliphatic carbocycles. The first-order valence-electron chi connectivity index (χ1n) is 6.67. The van der Waals surface area contributed by atoms with Crippen molar-refractivity contribution in [3.63, 3.8) is 0 Å². The molecule has 2 heterocycles. The Kier molecular flexibility index (Phi) is 3.79. The van der Waals surface area contributed by atoms with Gasteiger partial charge in [0.1, 0.15) is 12.4 Å². The summed E-state index contributed by atoms with van der Waals surface area (Å²) in [4.78, 5) is 16.3. The Labute approximate surface area is 126 Å². The van der Waals surface area contributed by atoms with Crippen LogP contribution in [0.1, 0.15) is 6.92 Å². The number of aromatic nitrogens is 1. The van der Waals surface area contributed by atoms with Crippen LogP contribution >= 0.6 is 11.3 Å². The summed E-state index contributed by atoms with van der Waals surface area (Å²) in [5, 5.41) is 6.47. The number of methoxy groups -OCH3 is 1. The van der Waals surface area contributed by atoms with E-state index in [4.69, 9.17) is 9.47 Å². The summed E-state index contributed by atoms with van der Waals surface area (Å²) in [5.41, 5.74) is 0.616. The number of rotatable bonds is 5. The number of carbonyl (C=O) groups excluding carboxylic acids is 1. The van der Waals surface area contributed by atoms with E-state index in [1.807, 2.05) is 25.1 Å². The second-order valence-corrected chi connectivity index (χ2v) is 6.27. The van der Waals surface area contributed by atoms with Gasteiger partial charge in [0.25, 0.3) is 5.91 Å². The largest absolute Gasteiger partial charge is 0.497 e. The fraction of sp³-hybridized carbons (Fsp3) is 0.429. The molecule has 3 rings (SSSR count). The highest BCUT2D eigenvalue weighted by molar-refractivity contribution is 7.22. The molecule has 0 bridgehead atoms. The number of nitrogens with zero attached hydrogens (tertiary/aromatic N) is 1. The molecule has 1 aliphatic rings. The van der Waals surface area contributed by atoms with Crippen LogP contribution in [0.2, 0.25) is 0 Å². The predicted octanol–water partition coefficient (Wildman–Crippen LogP) is 1.62. The van der Waals surface area contributed by atoms with Crippen molar-refractivity contribution in [2.45, 2.75) is 12.5 Å². The number of benzene rings is 1. The lowest BCUT2D eigenvalue weighted by atomic mass is 10.0. The summed E-state index contributed by atoms with van der Waals surface area (Å²) < 4.78 is 11.7. The van der Waals surface area contributed by atoms with Gasteiger partial charge in [-0.3, -0.25) is 10.1 Å². The van der Waals surface area contributed by atoms with Crippen molar-refractivity contribution in [1.29, 1.82) is 0 Å². The van der Waals surface area contributed by atoms with Crippen LogP contribution in [0.4, 0.5) is 5.13 Å². The fourth-order valence-corrected chi connectivity index (χ4v) is 2.97. The van der Waals surface area contributed by atoms with Crippen molar-refractivity contribution in [2.75, 3.05) is 32.1 Å². The van der Waals surface area contributed by atoms with E-state index in [0.29, 0.717) is 5.13 Å².